The van der Waals surface area contributed by atoms with Crippen LogP contribution in [-0.4, -0.2) is 12.6 Å². The maximum atomic E-state index is 6.42. The number of fused-ring (bicyclic) bond motifs is 1. The molecule has 0 fully saturated rings. The standard InChI is InChI=1S/C25H29N3/c1-25(2,26)23-11-7-6-10-22(23)19-12-13-24-20(15-19)16-27-21(17-28-24)14-18-8-4-3-5-9-18/h3-13,15,21,27-28H,14,16-17,26H2,1-2H3/t21-/m1/s1. The van der Waals surface area contributed by atoms with Crippen LogP contribution in [0.3, 0.4) is 0 Å². The minimum atomic E-state index is -0.374. The number of anilines is 1. The monoisotopic (exact) mass is 371 g/mol. The zero-order chi connectivity index (χ0) is 19.6. The molecule has 28 heavy (non-hydrogen) atoms. The first-order chi connectivity index (χ1) is 13.5. The van der Waals surface area contributed by atoms with Crippen LogP contribution >= 0.6 is 0 Å². The largest absolute Gasteiger partial charge is 0.383 e. The van der Waals surface area contributed by atoms with Gasteiger partial charge in [-0.3, -0.25) is 0 Å². The summed E-state index contributed by atoms with van der Waals surface area (Å²) in [5, 5.41) is 7.35. The van der Waals surface area contributed by atoms with Gasteiger partial charge in [0.05, 0.1) is 0 Å². The van der Waals surface area contributed by atoms with E-state index in [1.807, 2.05) is 0 Å². The lowest BCUT2D eigenvalue weighted by Gasteiger charge is -2.23. The molecule has 3 aromatic rings. The van der Waals surface area contributed by atoms with Gasteiger partial charge in [0.1, 0.15) is 0 Å². The third kappa shape index (κ3) is 4.11. The van der Waals surface area contributed by atoms with Gasteiger partial charge in [-0.2, -0.15) is 0 Å². The molecule has 0 saturated carbocycles. The Labute approximate surface area is 168 Å². The fourth-order valence-electron chi connectivity index (χ4n) is 3.98. The lowest BCUT2D eigenvalue weighted by atomic mass is 9.87. The molecule has 0 radical (unpaired) electrons. The lowest BCUT2D eigenvalue weighted by molar-refractivity contribution is 0.537. The molecule has 0 saturated heterocycles. The van der Waals surface area contributed by atoms with Crippen molar-refractivity contribution in [1.29, 1.82) is 0 Å². The van der Waals surface area contributed by atoms with Crippen LogP contribution in [0.1, 0.15) is 30.5 Å². The predicted octanol–water partition coefficient (Wildman–Crippen LogP) is 4.67. The predicted molar refractivity (Wildman–Crippen MR) is 118 cm³/mol. The van der Waals surface area contributed by atoms with E-state index in [9.17, 15) is 0 Å². The van der Waals surface area contributed by atoms with Crippen LogP contribution in [0.25, 0.3) is 11.1 Å². The summed E-state index contributed by atoms with van der Waals surface area (Å²) in [7, 11) is 0. The van der Waals surface area contributed by atoms with Crippen molar-refractivity contribution >= 4 is 5.69 Å². The molecule has 1 atom stereocenters. The smallest absolute Gasteiger partial charge is 0.0386 e. The molecule has 3 nitrogen and oxygen atoms in total. The van der Waals surface area contributed by atoms with Crippen LogP contribution < -0.4 is 16.4 Å². The Morgan fingerprint density at radius 1 is 0.964 bits per heavy atom. The number of benzene rings is 3. The number of nitrogens with one attached hydrogen (secondary N) is 2. The van der Waals surface area contributed by atoms with E-state index in [4.69, 9.17) is 5.73 Å². The highest BCUT2D eigenvalue weighted by Gasteiger charge is 2.20. The number of rotatable bonds is 4. The Bertz CT molecular complexity index is 942. The zero-order valence-electron chi connectivity index (χ0n) is 16.7. The van der Waals surface area contributed by atoms with Crippen molar-refractivity contribution < 1.29 is 0 Å². The second-order valence-electron chi connectivity index (χ2n) is 8.29. The topological polar surface area (TPSA) is 50.1 Å². The van der Waals surface area contributed by atoms with E-state index < -0.39 is 0 Å². The molecule has 0 bridgehead atoms. The molecule has 0 amide bonds. The van der Waals surface area contributed by atoms with Crippen molar-refractivity contribution in [2.75, 3.05) is 11.9 Å². The van der Waals surface area contributed by atoms with Crippen molar-refractivity contribution in [3.05, 3.63) is 89.5 Å². The third-order valence-corrected chi connectivity index (χ3v) is 5.48. The van der Waals surface area contributed by atoms with Gasteiger partial charge in [0.2, 0.25) is 0 Å². The Morgan fingerprint density at radius 3 is 2.50 bits per heavy atom. The molecule has 1 aliphatic rings. The quantitative estimate of drug-likeness (QED) is 0.624. The van der Waals surface area contributed by atoms with Crippen LogP contribution in [0, 0.1) is 0 Å². The Kier molecular flexibility index (Phi) is 5.21. The summed E-state index contributed by atoms with van der Waals surface area (Å²) in [4.78, 5) is 0. The van der Waals surface area contributed by atoms with Gasteiger partial charge >= 0.3 is 0 Å². The highest BCUT2D eigenvalue weighted by atomic mass is 15.0. The summed E-state index contributed by atoms with van der Waals surface area (Å²) >= 11 is 0. The van der Waals surface area contributed by atoms with E-state index in [1.54, 1.807) is 0 Å². The molecule has 0 unspecified atom stereocenters. The minimum Gasteiger partial charge on any atom is -0.383 e. The van der Waals surface area contributed by atoms with E-state index in [-0.39, 0.29) is 5.54 Å². The normalized spacial score (nSPS) is 16.8. The molecule has 0 spiro atoms. The fraction of sp³-hybridized carbons (Fsp3) is 0.280. The van der Waals surface area contributed by atoms with Gasteiger partial charge in [0, 0.05) is 30.4 Å². The maximum Gasteiger partial charge on any atom is 0.0386 e. The third-order valence-electron chi connectivity index (χ3n) is 5.48. The molecule has 1 aliphatic heterocycles. The van der Waals surface area contributed by atoms with Crippen molar-refractivity contribution in [2.24, 2.45) is 5.73 Å². The van der Waals surface area contributed by atoms with E-state index in [1.165, 1.54) is 33.5 Å². The number of hydrogen-bond donors (Lipinski definition) is 3. The van der Waals surface area contributed by atoms with Gasteiger partial charge in [0.25, 0.3) is 0 Å². The Hall–Kier alpha value is -2.62. The van der Waals surface area contributed by atoms with Gasteiger partial charge in [0.15, 0.2) is 0 Å². The Balaban J connectivity index is 1.57. The molecule has 4 N–H and O–H groups in total. The number of nitrogens with two attached hydrogens (primary N) is 1. The average Bonchev–Trinajstić information content (AvgIpc) is 2.90. The molecule has 4 rings (SSSR count). The van der Waals surface area contributed by atoms with Crippen LogP contribution in [0.15, 0.2) is 72.8 Å². The van der Waals surface area contributed by atoms with Crippen LogP contribution in [-0.2, 0) is 18.5 Å². The van der Waals surface area contributed by atoms with Gasteiger partial charge < -0.3 is 16.4 Å². The van der Waals surface area contributed by atoms with Crippen molar-refractivity contribution in [3.63, 3.8) is 0 Å². The molecular weight excluding hydrogens is 342 g/mol. The van der Waals surface area contributed by atoms with Gasteiger partial charge in [-0.15, -0.1) is 0 Å². The van der Waals surface area contributed by atoms with Gasteiger partial charge in [-0.1, -0.05) is 60.7 Å². The van der Waals surface area contributed by atoms with E-state index >= 15 is 0 Å². The molecule has 144 valence electrons. The van der Waals surface area contributed by atoms with Crippen LogP contribution in [0.5, 0.6) is 0 Å². The van der Waals surface area contributed by atoms with Gasteiger partial charge in [-0.05, 0) is 60.2 Å². The van der Waals surface area contributed by atoms with Crippen LogP contribution in [0.4, 0.5) is 5.69 Å². The summed E-state index contributed by atoms with van der Waals surface area (Å²) in [6, 6.07) is 26.2. The summed E-state index contributed by atoms with van der Waals surface area (Å²) < 4.78 is 0. The lowest BCUT2D eigenvalue weighted by Crippen LogP contribution is -2.34. The first-order valence-electron chi connectivity index (χ1n) is 10.0. The second kappa shape index (κ2) is 7.78. The van der Waals surface area contributed by atoms with Crippen molar-refractivity contribution in [3.8, 4) is 11.1 Å². The van der Waals surface area contributed by atoms with Crippen molar-refractivity contribution in [1.82, 2.24) is 5.32 Å². The maximum absolute atomic E-state index is 6.42. The molecule has 0 aliphatic carbocycles. The highest BCUT2D eigenvalue weighted by molar-refractivity contribution is 5.72. The Morgan fingerprint density at radius 2 is 1.71 bits per heavy atom. The summed E-state index contributed by atoms with van der Waals surface area (Å²) in [6.07, 6.45) is 1.03. The minimum absolute atomic E-state index is 0.374. The SMILES string of the molecule is CC(C)(N)c1ccccc1-c1ccc2c(c1)CN[C@H](Cc1ccccc1)CN2. The summed E-state index contributed by atoms with van der Waals surface area (Å²) in [5.41, 5.74) is 13.5. The molecule has 1 heterocycles. The molecular formula is C25H29N3. The summed E-state index contributed by atoms with van der Waals surface area (Å²) in [6.45, 7) is 5.91. The van der Waals surface area contributed by atoms with Gasteiger partial charge in [-0.25, -0.2) is 0 Å². The average molecular weight is 372 g/mol. The van der Waals surface area contributed by atoms with Crippen LogP contribution in [0.2, 0.25) is 0 Å². The number of hydrogen-bond acceptors (Lipinski definition) is 3. The molecule has 3 aromatic carbocycles. The first kappa shape index (κ1) is 18.7. The first-order valence-corrected chi connectivity index (χ1v) is 10.0. The van der Waals surface area contributed by atoms with E-state index in [2.05, 4.69) is 97.3 Å². The van der Waals surface area contributed by atoms with E-state index in [0.717, 1.165) is 19.5 Å². The fourth-order valence-corrected chi connectivity index (χ4v) is 3.98. The van der Waals surface area contributed by atoms with Crippen molar-refractivity contribution in [2.45, 2.75) is 38.4 Å². The highest BCUT2D eigenvalue weighted by Crippen LogP contribution is 2.33. The van der Waals surface area contributed by atoms with E-state index in [0.29, 0.717) is 6.04 Å². The second-order valence-corrected chi connectivity index (χ2v) is 8.29. The summed E-state index contributed by atoms with van der Waals surface area (Å²) in [5.74, 6) is 0. The molecule has 0 aromatic heterocycles. The molecule has 3 heteroatoms. The zero-order valence-corrected chi connectivity index (χ0v) is 16.7.